The second-order valence-electron chi connectivity index (χ2n) is 4.82. The van der Waals surface area contributed by atoms with E-state index < -0.39 is 5.92 Å². The number of rotatable bonds is 7. The Bertz CT molecular complexity index is 308. The van der Waals surface area contributed by atoms with Gasteiger partial charge in [0.25, 0.3) is 0 Å². The van der Waals surface area contributed by atoms with Crippen LogP contribution >= 0.6 is 0 Å². The van der Waals surface area contributed by atoms with Crippen molar-refractivity contribution in [3.63, 3.8) is 0 Å². The van der Waals surface area contributed by atoms with E-state index in [0.717, 1.165) is 25.7 Å². The van der Waals surface area contributed by atoms with E-state index in [1.807, 2.05) is 6.92 Å². The first-order valence-electron chi connectivity index (χ1n) is 6.39. The van der Waals surface area contributed by atoms with Crippen LogP contribution in [0.3, 0.4) is 0 Å². The molecule has 0 aromatic heterocycles. The molecule has 4 N–H and O–H groups in total. The molecule has 0 heterocycles. The van der Waals surface area contributed by atoms with Gasteiger partial charge in [-0.25, -0.2) is 0 Å². The number of ether oxygens (including phenoxy) is 1. The van der Waals surface area contributed by atoms with Crippen molar-refractivity contribution in [3.8, 4) is 0 Å². The van der Waals surface area contributed by atoms with Crippen LogP contribution in [0.25, 0.3) is 0 Å². The molecular formula is C12H23N3O3. The fourth-order valence-electron chi connectivity index (χ4n) is 2.17. The molecule has 0 radical (unpaired) electrons. The molecule has 1 aliphatic carbocycles. The van der Waals surface area contributed by atoms with E-state index in [9.17, 15) is 4.79 Å². The number of nitrogens with zero attached hydrogens (tertiary/aromatic N) is 1. The molecule has 1 fully saturated rings. The van der Waals surface area contributed by atoms with Crippen molar-refractivity contribution < 1.29 is 14.7 Å². The normalized spacial score (nSPS) is 20.0. The summed E-state index contributed by atoms with van der Waals surface area (Å²) in [5.74, 6) is -0.793. The fourth-order valence-corrected chi connectivity index (χ4v) is 2.17. The number of hydrogen-bond acceptors (Lipinski definition) is 4. The molecule has 1 atom stereocenters. The maximum absolute atomic E-state index is 12.0. The number of hydrogen-bond donors (Lipinski definition) is 3. The van der Waals surface area contributed by atoms with E-state index in [4.69, 9.17) is 15.7 Å². The molecule has 1 rings (SSSR count). The number of carbonyl (C=O) groups is 1. The number of nitrogens with one attached hydrogen (secondary N) is 1. The van der Waals surface area contributed by atoms with Gasteiger partial charge in [0.15, 0.2) is 5.84 Å². The number of nitrogens with two attached hydrogens (primary N) is 1. The van der Waals surface area contributed by atoms with Gasteiger partial charge < -0.3 is 21.0 Å². The van der Waals surface area contributed by atoms with Gasteiger partial charge in [-0.1, -0.05) is 18.5 Å². The zero-order valence-electron chi connectivity index (χ0n) is 11.1. The highest BCUT2D eigenvalue weighted by Gasteiger charge is 2.37. The third-order valence-electron chi connectivity index (χ3n) is 3.65. The van der Waals surface area contributed by atoms with Gasteiger partial charge in [0, 0.05) is 13.7 Å². The van der Waals surface area contributed by atoms with Gasteiger partial charge in [-0.15, -0.1) is 0 Å². The summed E-state index contributed by atoms with van der Waals surface area (Å²) in [7, 11) is 1.67. The van der Waals surface area contributed by atoms with Crippen LogP contribution in [0.5, 0.6) is 0 Å². The largest absolute Gasteiger partial charge is 0.409 e. The summed E-state index contributed by atoms with van der Waals surface area (Å²) in [6.45, 7) is 2.44. The monoisotopic (exact) mass is 257 g/mol. The molecule has 1 aliphatic rings. The standard InChI is InChI=1S/C12H23N3O3/c1-3-5-9(10(13)15-17)11(16)14-8-12(18-2)6-4-7-12/h9,17H,3-8H2,1-2H3,(H2,13,15)(H,14,16). The van der Waals surface area contributed by atoms with Crippen LogP contribution in [0.2, 0.25) is 0 Å². The highest BCUT2D eigenvalue weighted by Crippen LogP contribution is 2.34. The molecule has 1 amide bonds. The Morgan fingerprint density at radius 1 is 1.61 bits per heavy atom. The van der Waals surface area contributed by atoms with Gasteiger partial charge in [0.2, 0.25) is 5.91 Å². The van der Waals surface area contributed by atoms with Crippen LogP contribution in [-0.4, -0.2) is 36.2 Å². The molecule has 0 aromatic carbocycles. The lowest BCUT2D eigenvalue weighted by molar-refractivity contribution is -0.127. The maximum Gasteiger partial charge on any atom is 0.230 e. The minimum absolute atomic E-state index is 0.0329. The summed E-state index contributed by atoms with van der Waals surface area (Å²) in [6, 6.07) is 0. The second-order valence-corrected chi connectivity index (χ2v) is 4.82. The van der Waals surface area contributed by atoms with Crippen LogP contribution < -0.4 is 11.1 Å². The van der Waals surface area contributed by atoms with Crippen molar-refractivity contribution in [3.05, 3.63) is 0 Å². The van der Waals surface area contributed by atoms with Gasteiger partial charge in [-0.05, 0) is 25.7 Å². The first kappa shape index (κ1) is 14.8. The molecule has 1 saturated carbocycles. The molecule has 1 unspecified atom stereocenters. The molecule has 0 spiro atoms. The summed E-state index contributed by atoms with van der Waals surface area (Å²) in [6.07, 6.45) is 4.42. The van der Waals surface area contributed by atoms with E-state index in [0.29, 0.717) is 13.0 Å². The third-order valence-corrected chi connectivity index (χ3v) is 3.65. The van der Waals surface area contributed by atoms with E-state index in [1.54, 1.807) is 7.11 Å². The van der Waals surface area contributed by atoms with E-state index in [1.165, 1.54) is 0 Å². The number of carbonyl (C=O) groups excluding carboxylic acids is 1. The van der Waals surface area contributed by atoms with Crippen molar-refractivity contribution in [1.29, 1.82) is 0 Å². The number of methoxy groups -OCH3 is 1. The fraction of sp³-hybridized carbons (Fsp3) is 0.833. The molecule has 6 heteroatoms. The predicted molar refractivity (Wildman–Crippen MR) is 68.4 cm³/mol. The lowest BCUT2D eigenvalue weighted by Crippen LogP contribution is -2.51. The smallest absolute Gasteiger partial charge is 0.230 e. The topological polar surface area (TPSA) is 96.9 Å². The van der Waals surface area contributed by atoms with E-state index in [2.05, 4.69) is 10.5 Å². The molecule has 0 aliphatic heterocycles. The highest BCUT2D eigenvalue weighted by molar-refractivity contribution is 6.02. The Kier molecular flexibility index (Phi) is 5.40. The number of amides is 1. The van der Waals surface area contributed by atoms with Gasteiger partial charge in [0.05, 0.1) is 11.5 Å². The number of oxime groups is 1. The summed E-state index contributed by atoms with van der Waals surface area (Å²) < 4.78 is 5.43. The van der Waals surface area contributed by atoms with Crippen LogP contribution in [0.15, 0.2) is 5.16 Å². The Labute approximate surface area is 108 Å². The Hall–Kier alpha value is -1.30. The van der Waals surface area contributed by atoms with E-state index >= 15 is 0 Å². The molecule has 0 saturated heterocycles. The summed E-state index contributed by atoms with van der Waals surface area (Å²) in [4.78, 5) is 12.0. The average Bonchev–Trinajstić information content (AvgIpc) is 2.34. The minimum atomic E-state index is -0.561. The predicted octanol–water partition coefficient (Wildman–Crippen LogP) is 0.834. The Morgan fingerprint density at radius 3 is 2.67 bits per heavy atom. The van der Waals surface area contributed by atoms with Gasteiger partial charge in [-0.2, -0.15) is 0 Å². The zero-order chi connectivity index (χ0) is 13.6. The van der Waals surface area contributed by atoms with Crippen LogP contribution in [-0.2, 0) is 9.53 Å². The van der Waals surface area contributed by atoms with Crippen LogP contribution in [0, 0.1) is 5.92 Å². The summed E-state index contributed by atoms with van der Waals surface area (Å²) in [5.41, 5.74) is 5.32. The summed E-state index contributed by atoms with van der Waals surface area (Å²) in [5, 5.41) is 14.4. The lowest BCUT2D eigenvalue weighted by atomic mass is 9.80. The molecule has 0 aromatic rings. The first-order chi connectivity index (χ1) is 8.58. The second kappa shape index (κ2) is 6.58. The van der Waals surface area contributed by atoms with E-state index in [-0.39, 0.29) is 17.3 Å². The molecule has 0 bridgehead atoms. The Morgan fingerprint density at radius 2 is 2.28 bits per heavy atom. The number of amidine groups is 1. The highest BCUT2D eigenvalue weighted by atomic mass is 16.5. The minimum Gasteiger partial charge on any atom is -0.409 e. The quantitative estimate of drug-likeness (QED) is 0.272. The van der Waals surface area contributed by atoms with Gasteiger partial charge >= 0.3 is 0 Å². The van der Waals surface area contributed by atoms with Gasteiger partial charge in [-0.3, -0.25) is 4.79 Å². The zero-order valence-corrected chi connectivity index (χ0v) is 11.1. The maximum atomic E-state index is 12.0. The van der Waals surface area contributed by atoms with Crippen molar-refractivity contribution in [2.75, 3.05) is 13.7 Å². The molecule has 6 nitrogen and oxygen atoms in total. The van der Waals surface area contributed by atoms with Crippen LogP contribution in [0.4, 0.5) is 0 Å². The van der Waals surface area contributed by atoms with Crippen molar-refractivity contribution >= 4 is 11.7 Å². The van der Waals surface area contributed by atoms with Crippen LogP contribution in [0.1, 0.15) is 39.0 Å². The van der Waals surface area contributed by atoms with Gasteiger partial charge in [0.1, 0.15) is 0 Å². The first-order valence-corrected chi connectivity index (χ1v) is 6.39. The van der Waals surface area contributed by atoms with Crippen molar-refractivity contribution in [2.45, 2.75) is 44.6 Å². The average molecular weight is 257 g/mol. The SMILES string of the molecule is CCCC(C(=O)NCC1(OC)CCC1)C(N)=NO. The molecular weight excluding hydrogens is 234 g/mol. The third kappa shape index (κ3) is 3.35. The summed E-state index contributed by atoms with van der Waals surface area (Å²) >= 11 is 0. The van der Waals surface area contributed by atoms with Crippen molar-refractivity contribution in [2.24, 2.45) is 16.8 Å². The lowest BCUT2D eigenvalue weighted by Gasteiger charge is -2.40. The Balaban J connectivity index is 2.51. The van der Waals surface area contributed by atoms with Crippen molar-refractivity contribution in [1.82, 2.24) is 5.32 Å². The molecule has 18 heavy (non-hydrogen) atoms. The molecule has 104 valence electrons.